The molecule has 0 aromatic carbocycles. The number of phosphoric acid groups is 3. The Labute approximate surface area is 183 Å². The van der Waals surface area contributed by atoms with Crippen molar-refractivity contribution in [1.82, 2.24) is 9.55 Å². The van der Waals surface area contributed by atoms with Crippen LogP contribution in [0.3, 0.4) is 0 Å². The summed E-state index contributed by atoms with van der Waals surface area (Å²) < 4.78 is 117. The quantitative estimate of drug-likeness (QED) is 0.181. The number of rotatable bonds is 7. The second-order valence-electron chi connectivity index (χ2n) is 5.82. The number of aromatic nitrogens is 2. The Balaban J connectivity index is 2.37. The van der Waals surface area contributed by atoms with Gasteiger partial charge in [-0.15, -0.1) is 0 Å². The van der Waals surface area contributed by atoms with E-state index < -0.39 is 69.5 Å². The number of H-pyrrole nitrogens is 1. The number of ether oxygens (including phenoxy) is 1. The van der Waals surface area contributed by atoms with Crippen LogP contribution in [0, 0.1) is 15.2 Å². The van der Waals surface area contributed by atoms with Crippen molar-refractivity contribution >= 4 is 47.9 Å². The summed E-state index contributed by atoms with van der Waals surface area (Å²) in [5.41, 5.74) is -4.41. The van der Waals surface area contributed by atoms with Crippen molar-refractivity contribution in [2.24, 2.45) is 0 Å². The molecule has 32 heavy (non-hydrogen) atoms. The van der Waals surface area contributed by atoms with Crippen molar-refractivity contribution in [1.29, 1.82) is 0 Å². The smallest absolute Gasteiger partial charge is 0.325 e. The molecule has 1 fully saturated rings. The monoisotopic (exact) mass is 574 g/mol. The third kappa shape index (κ3) is 6.56. The van der Waals surface area contributed by atoms with Gasteiger partial charge in [-0.3, -0.25) is 9.09 Å². The van der Waals surface area contributed by atoms with Crippen molar-refractivity contribution in [3.05, 3.63) is 21.4 Å². The van der Waals surface area contributed by atoms with Crippen LogP contribution in [0.1, 0.15) is 12.6 Å². The number of phosphoric ester groups is 1. The van der Waals surface area contributed by atoms with Gasteiger partial charge in [0.25, 0.3) is 5.67 Å². The fourth-order valence-corrected chi connectivity index (χ4v) is 5.88. The summed E-state index contributed by atoms with van der Waals surface area (Å²) in [7, 11) is -17.7. The minimum Gasteiger partial charge on any atom is -0.325 e. The number of hydrogen-bond acceptors (Lipinski definition) is 9. The molecule has 0 amide bonds. The molecule has 23 heteroatoms. The van der Waals surface area contributed by atoms with E-state index in [1.165, 1.54) is 0 Å². The zero-order chi connectivity index (χ0) is 24.9. The summed E-state index contributed by atoms with van der Waals surface area (Å²) in [5, 5.41) is 0. The lowest BCUT2D eigenvalue weighted by molar-refractivity contribution is -0.257. The van der Waals surface area contributed by atoms with Gasteiger partial charge >= 0.3 is 29.6 Å². The first-order valence-electron chi connectivity index (χ1n) is 7.40. The molecule has 3 unspecified atom stereocenters. The summed E-state index contributed by atoms with van der Waals surface area (Å²) in [6.07, 6.45) is -12.8. The van der Waals surface area contributed by atoms with Crippen LogP contribution < -0.4 is 0 Å². The second kappa shape index (κ2) is 8.96. The number of nitrogens with one attached hydrogen (secondary N) is 1. The van der Waals surface area contributed by atoms with E-state index in [1.54, 1.807) is 0 Å². The molecule has 1 aromatic heterocycles. The van der Waals surface area contributed by atoms with Crippen LogP contribution in [0.15, 0.2) is 6.20 Å². The maximum Gasteiger partial charge on any atom is 0.490 e. The highest BCUT2D eigenvalue weighted by Gasteiger charge is 2.68. The van der Waals surface area contributed by atoms with Gasteiger partial charge in [-0.2, -0.15) is 21.8 Å². The maximum absolute atomic E-state index is 15.0. The van der Waals surface area contributed by atoms with E-state index in [0.717, 1.165) is 0 Å². The molecule has 184 valence electrons. The molecule has 5 atom stereocenters. The van der Waals surface area contributed by atoms with Crippen LogP contribution in [0.2, 0.25) is 0 Å². The Morgan fingerprint density at radius 2 is 1.72 bits per heavy atom. The molecule has 0 aliphatic carbocycles. The van der Waals surface area contributed by atoms with Gasteiger partial charge in [-0.1, -0.05) is 12.2 Å². The van der Waals surface area contributed by atoms with E-state index >= 15 is 0 Å². The summed E-state index contributed by atoms with van der Waals surface area (Å²) in [6, 6.07) is 0. The summed E-state index contributed by atoms with van der Waals surface area (Å²) in [6.45, 7) is 0. The summed E-state index contributed by atoms with van der Waals surface area (Å²) >= 11 is 9.15. The molecule has 2 rings (SSSR count). The van der Waals surface area contributed by atoms with E-state index in [4.69, 9.17) is 14.7 Å². The van der Waals surface area contributed by atoms with Crippen molar-refractivity contribution < 1.29 is 73.1 Å². The minimum atomic E-state index is -6.01. The Bertz CT molecular complexity index is 1150. The zero-order valence-electron chi connectivity index (χ0n) is 14.6. The van der Waals surface area contributed by atoms with E-state index in [1.807, 2.05) is 4.98 Å². The third-order valence-electron chi connectivity index (χ3n) is 3.45. The Morgan fingerprint density at radius 1 is 1.16 bits per heavy atom. The van der Waals surface area contributed by atoms with Crippen LogP contribution in [-0.4, -0.2) is 47.3 Å². The number of hydrogen-bond donors (Lipinski definition) is 5. The van der Waals surface area contributed by atoms with Gasteiger partial charge < -0.3 is 29.3 Å². The highest BCUT2D eigenvalue weighted by atomic mass is 32.1. The molecule has 1 aliphatic rings. The van der Waals surface area contributed by atoms with Gasteiger partial charge in [-0.05, 0) is 12.2 Å². The molecule has 1 saturated heterocycles. The molecule has 5 N–H and O–H groups in total. The van der Waals surface area contributed by atoms with Gasteiger partial charge in [0.1, 0.15) is 4.64 Å². The molecule has 0 bridgehead atoms. The van der Waals surface area contributed by atoms with Gasteiger partial charge in [0.2, 0.25) is 0 Å². The van der Waals surface area contributed by atoms with E-state index in [0.29, 0.717) is 0 Å². The molecule has 0 radical (unpaired) electrons. The first-order valence-corrected chi connectivity index (χ1v) is 12.7. The van der Waals surface area contributed by atoms with Gasteiger partial charge in [-0.25, -0.2) is 22.5 Å². The SMILES string of the molecule is O=P(O)(O)OP(=O)(O)OP(=O)(O)O[C@@H]1CC(F)(C(F)(F)F)[C@H](n2cc(F)c(=S)[nH]c2=S)O1. The molecule has 0 saturated carbocycles. The lowest BCUT2D eigenvalue weighted by Gasteiger charge is -2.29. The summed E-state index contributed by atoms with van der Waals surface area (Å²) in [5.74, 6) is -1.34. The van der Waals surface area contributed by atoms with Crippen molar-refractivity contribution in [2.75, 3.05) is 0 Å². The fourth-order valence-electron chi connectivity index (χ4n) is 2.33. The number of aromatic amines is 1. The first-order chi connectivity index (χ1) is 14.2. The number of halogens is 5. The standard InChI is InChI=1S/C9H10F5N2O11P3S2/c10-3-2-16(7(32)15-5(3)31)6-8(11,9(12,13)14)1-4(24-6)25-29(20,21)27-30(22,23)26-28(17,18)19/h2,4,6H,1H2,(H,20,21)(H,22,23)(H,15,31,32)(H2,17,18,19)/t4-,6-,8?/m1/s1. The molecular weight excluding hydrogens is 564 g/mol. The van der Waals surface area contributed by atoms with E-state index in [2.05, 4.69) is 42.3 Å². The summed E-state index contributed by atoms with van der Waals surface area (Å²) in [4.78, 5) is 37.3. The van der Waals surface area contributed by atoms with Crippen molar-refractivity contribution in [3.8, 4) is 0 Å². The molecule has 13 nitrogen and oxygen atoms in total. The average molecular weight is 574 g/mol. The number of nitrogens with zero attached hydrogens (tertiary/aromatic N) is 1. The predicted molar refractivity (Wildman–Crippen MR) is 93.8 cm³/mol. The highest BCUT2D eigenvalue weighted by Crippen LogP contribution is 2.67. The topological polar surface area (TPSA) is 190 Å². The molecular formula is C9H10F5N2O11P3S2. The zero-order valence-corrected chi connectivity index (χ0v) is 18.9. The van der Waals surface area contributed by atoms with Crippen LogP contribution in [0.5, 0.6) is 0 Å². The second-order valence-corrected chi connectivity index (χ2v) is 11.0. The number of alkyl halides is 4. The molecule has 1 aromatic rings. The van der Waals surface area contributed by atoms with Gasteiger partial charge in [0.05, 0.1) is 0 Å². The van der Waals surface area contributed by atoms with Gasteiger partial charge in [0.15, 0.2) is 23.1 Å². The van der Waals surface area contributed by atoms with E-state index in [9.17, 15) is 40.5 Å². The Morgan fingerprint density at radius 3 is 2.22 bits per heavy atom. The lowest BCUT2D eigenvalue weighted by atomic mass is 10.0. The highest BCUT2D eigenvalue weighted by molar-refractivity contribution is 7.72. The van der Waals surface area contributed by atoms with Crippen molar-refractivity contribution in [2.45, 2.75) is 30.8 Å². The largest absolute Gasteiger partial charge is 0.490 e. The Hall–Kier alpha value is -0.460. The normalized spacial score (nSPS) is 28.3. The van der Waals surface area contributed by atoms with Crippen molar-refractivity contribution in [3.63, 3.8) is 0 Å². The fraction of sp³-hybridized carbons (Fsp3) is 0.556. The molecule has 0 spiro atoms. The van der Waals surface area contributed by atoms with E-state index in [-0.39, 0.29) is 10.8 Å². The molecule has 1 aliphatic heterocycles. The maximum atomic E-state index is 15.0. The van der Waals surface area contributed by atoms with Gasteiger partial charge in [0, 0.05) is 12.6 Å². The van der Waals surface area contributed by atoms with Crippen LogP contribution >= 0.6 is 47.9 Å². The minimum absolute atomic E-state index is 0.119. The molecule has 2 heterocycles. The van der Waals surface area contributed by atoms with Crippen LogP contribution in [0.25, 0.3) is 0 Å². The lowest BCUT2D eigenvalue weighted by Crippen LogP contribution is -2.45. The van der Waals surface area contributed by atoms with Crippen LogP contribution in [-0.2, 0) is 31.6 Å². The van der Waals surface area contributed by atoms with Crippen LogP contribution in [0.4, 0.5) is 22.0 Å². The Kier molecular flexibility index (Phi) is 7.78. The average Bonchev–Trinajstić information content (AvgIpc) is 2.83. The third-order valence-corrected chi connectivity index (χ3v) is 7.89. The first kappa shape index (κ1) is 27.8. The predicted octanol–water partition coefficient (Wildman–Crippen LogP) is 3.27.